The summed E-state index contributed by atoms with van der Waals surface area (Å²) >= 11 is 11.4. The van der Waals surface area contributed by atoms with E-state index in [1.165, 1.54) is 5.57 Å². The van der Waals surface area contributed by atoms with Crippen LogP contribution in [0.1, 0.15) is 72.6 Å². The number of fused-ring (bicyclic) bond motifs is 2. The molecule has 38 heavy (non-hydrogen) atoms. The summed E-state index contributed by atoms with van der Waals surface area (Å²) in [6.45, 7) is 8.98. The lowest BCUT2D eigenvalue weighted by atomic mass is 9.36. The number of hydrogen-bond donors (Lipinski definition) is 2. The van der Waals surface area contributed by atoms with Gasteiger partial charge in [-0.1, -0.05) is 45.8 Å². The highest BCUT2D eigenvalue weighted by molar-refractivity contribution is 6.18. The number of hydrogen-bond acceptors (Lipinski definition) is 6. The molecule has 2 bridgehead atoms. The van der Waals surface area contributed by atoms with E-state index in [2.05, 4.69) is 33.8 Å². The van der Waals surface area contributed by atoms with E-state index >= 15 is 0 Å². The van der Waals surface area contributed by atoms with Crippen LogP contribution in [0.15, 0.2) is 11.6 Å². The number of allylic oxidation sites excluding steroid dienone is 2. The molecule has 1 spiro atoms. The average Bonchev–Trinajstić information content (AvgIpc) is 2.90. The molecule has 3 fully saturated rings. The monoisotopic (exact) mass is 572 g/mol. The second-order valence-corrected chi connectivity index (χ2v) is 13.9. The molecule has 0 aromatic carbocycles. The van der Waals surface area contributed by atoms with Crippen LogP contribution in [0, 0.1) is 45.8 Å². The summed E-state index contributed by atoms with van der Waals surface area (Å²) in [5, 5.41) is 19.6. The Hall–Kier alpha value is -0.660. The maximum Gasteiger partial charge on any atom is 0.309 e. The van der Waals surface area contributed by atoms with E-state index in [9.17, 15) is 19.8 Å². The van der Waals surface area contributed by atoms with Gasteiger partial charge in [0.1, 0.15) is 19.3 Å². The molecule has 0 aromatic heterocycles. The molecule has 6 nitrogen and oxygen atoms in total. The minimum absolute atomic E-state index is 0.00247. The molecule has 5 aliphatic carbocycles. The molecule has 0 aliphatic heterocycles. The van der Waals surface area contributed by atoms with E-state index in [1.54, 1.807) is 0 Å². The number of carbonyl (C=O) groups excluding carboxylic acids is 2. The van der Waals surface area contributed by atoms with Crippen LogP contribution in [0.5, 0.6) is 0 Å². The summed E-state index contributed by atoms with van der Waals surface area (Å²) in [6, 6.07) is 0. The molecule has 9 unspecified atom stereocenters. The zero-order valence-corrected chi connectivity index (χ0v) is 24.9. The smallest absolute Gasteiger partial charge is 0.309 e. The van der Waals surface area contributed by atoms with E-state index in [0.717, 1.165) is 44.9 Å². The Morgan fingerprint density at radius 3 is 2.39 bits per heavy atom. The molecule has 5 aliphatic rings. The fourth-order valence-corrected chi connectivity index (χ4v) is 9.16. The minimum Gasteiger partial charge on any atom is -0.463 e. The SMILES string of the molecule is CC(C)C1=CC23CCC4C(C)(C(=O)COCC(O)CCl)CCCC4(C)C2CC1C(C(=O)OCC(O)CCl)C3. The first-order valence-corrected chi connectivity index (χ1v) is 15.5. The van der Waals surface area contributed by atoms with Gasteiger partial charge in [0.2, 0.25) is 0 Å². The van der Waals surface area contributed by atoms with Crippen molar-refractivity contribution in [2.45, 2.75) is 84.8 Å². The predicted molar refractivity (Wildman–Crippen MR) is 148 cm³/mol. The lowest BCUT2D eigenvalue weighted by Gasteiger charge is -2.67. The number of carbonyl (C=O) groups is 2. The Morgan fingerprint density at radius 1 is 1.05 bits per heavy atom. The van der Waals surface area contributed by atoms with Crippen LogP contribution in [0.4, 0.5) is 0 Å². The Labute approximate surface area is 237 Å². The van der Waals surface area contributed by atoms with Gasteiger partial charge in [-0.25, -0.2) is 0 Å². The zero-order valence-electron chi connectivity index (χ0n) is 23.4. The van der Waals surface area contributed by atoms with Gasteiger partial charge in [-0.05, 0) is 73.0 Å². The van der Waals surface area contributed by atoms with Crippen molar-refractivity contribution in [3.63, 3.8) is 0 Å². The van der Waals surface area contributed by atoms with Crippen molar-refractivity contribution in [3.05, 3.63) is 11.6 Å². The zero-order chi connectivity index (χ0) is 27.9. The van der Waals surface area contributed by atoms with Gasteiger partial charge in [0.25, 0.3) is 0 Å². The minimum atomic E-state index is -0.846. The third-order valence-corrected chi connectivity index (χ3v) is 11.5. The average molecular weight is 574 g/mol. The lowest BCUT2D eigenvalue weighted by molar-refractivity contribution is -0.182. The van der Waals surface area contributed by atoms with Crippen molar-refractivity contribution in [1.82, 2.24) is 0 Å². The number of halogens is 2. The number of rotatable bonds is 11. The first-order chi connectivity index (χ1) is 17.9. The molecule has 0 aromatic rings. The Kier molecular flexibility index (Phi) is 9.31. The fourth-order valence-electron chi connectivity index (χ4n) is 8.98. The van der Waals surface area contributed by atoms with Gasteiger partial charge in [-0.2, -0.15) is 0 Å². The van der Waals surface area contributed by atoms with Crippen molar-refractivity contribution in [2.75, 3.05) is 31.6 Å². The molecular weight excluding hydrogens is 527 g/mol. The van der Waals surface area contributed by atoms with Crippen LogP contribution in [0.3, 0.4) is 0 Å². The van der Waals surface area contributed by atoms with Gasteiger partial charge in [-0.3, -0.25) is 9.59 Å². The van der Waals surface area contributed by atoms with Gasteiger partial charge in [0.05, 0.1) is 30.4 Å². The number of ether oxygens (including phenoxy) is 2. The molecule has 0 amide bonds. The van der Waals surface area contributed by atoms with Crippen LogP contribution in [-0.2, 0) is 19.1 Å². The van der Waals surface area contributed by atoms with Crippen molar-refractivity contribution in [2.24, 2.45) is 45.8 Å². The summed E-state index contributed by atoms with van der Waals surface area (Å²) in [4.78, 5) is 26.9. The number of ketones is 1. The first-order valence-electron chi connectivity index (χ1n) is 14.4. The van der Waals surface area contributed by atoms with Gasteiger partial charge < -0.3 is 19.7 Å². The fraction of sp³-hybridized carbons (Fsp3) is 0.867. The van der Waals surface area contributed by atoms with E-state index in [-0.39, 0.29) is 71.9 Å². The summed E-state index contributed by atoms with van der Waals surface area (Å²) in [7, 11) is 0. The number of Topliss-reactive ketones (excluding diaryl/α,β-unsaturated/α-hetero) is 1. The second kappa shape index (κ2) is 11.7. The number of alkyl halides is 2. The van der Waals surface area contributed by atoms with Gasteiger partial charge in [0, 0.05) is 5.41 Å². The number of aliphatic hydroxyl groups is 2. The molecule has 0 radical (unpaired) electrons. The van der Waals surface area contributed by atoms with Crippen LogP contribution in [0.25, 0.3) is 0 Å². The maximum absolute atomic E-state index is 13.6. The highest BCUT2D eigenvalue weighted by Crippen LogP contribution is 2.72. The Balaban J connectivity index is 1.58. The van der Waals surface area contributed by atoms with Crippen LogP contribution < -0.4 is 0 Å². The van der Waals surface area contributed by atoms with E-state index in [0.29, 0.717) is 11.8 Å². The third kappa shape index (κ3) is 5.34. The molecule has 5 rings (SSSR count). The van der Waals surface area contributed by atoms with Crippen molar-refractivity contribution in [1.29, 1.82) is 0 Å². The standard InChI is InChI=1S/C30H46Cl2O6/c1-18(2)22-11-30-9-6-24-28(3,7-5-8-29(24,4)26(35)17-37-15-19(33)13-31)25(30)10-21(22)23(12-30)27(36)38-16-20(34)14-32/h11,18-21,23-25,33-34H,5-10,12-17H2,1-4H3. The van der Waals surface area contributed by atoms with Crippen LogP contribution in [-0.4, -0.2) is 65.8 Å². The molecule has 8 heteroatoms. The molecule has 9 atom stereocenters. The maximum atomic E-state index is 13.6. The molecule has 216 valence electrons. The van der Waals surface area contributed by atoms with E-state index in [4.69, 9.17) is 32.7 Å². The summed E-state index contributed by atoms with van der Waals surface area (Å²) in [5.41, 5.74) is 0.835. The predicted octanol–water partition coefficient (Wildman–Crippen LogP) is 5.15. The number of esters is 1. The normalized spacial score (nSPS) is 39.7. The van der Waals surface area contributed by atoms with Crippen molar-refractivity contribution in [3.8, 4) is 0 Å². The Morgan fingerprint density at radius 2 is 1.74 bits per heavy atom. The van der Waals surface area contributed by atoms with Crippen molar-refractivity contribution < 1.29 is 29.3 Å². The molecule has 3 saturated carbocycles. The largest absolute Gasteiger partial charge is 0.463 e. The quantitative estimate of drug-likeness (QED) is 0.202. The summed E-state index contributed by atoms with van der Waals surface area (Å²) in [6.07, 6.45) is 7.50. The molecule has 2 N–H and O–H groups in total. The van der Waals surface area contributed by atoms with E-state index < -0.39 is 17.6 Å². The van der Waals surface area contributed by atoms with Gasteiger partial charge in [-0.15, -0.1) is 23.2 Å². The van der Waals surface area contributed by atoms with E-state index in [1.807, 2.05) is 0 Å². The molecular formula is C30H46Cl2O6. The molecule has 0 heterocycles. The highest BCUT2D eigenvalue weighted by atomic mass is 35.5. The van der Waals surface area contributed by atoms with Crippen LogP contribution >= 0.6 is 23.2 Å². The second-order valence-electron chi connectivity index (χ2n) is 13.3. The highest BCUT2D eigenvalue weighted by Gasteiger charge is 2.66. The first kappa shape index (κ1) is 30.3. The van der Waals surface area contributed by atoms with Gasteiger partial charge >= 0.3 is 5.97 Å². The van der Waals surface area contributed by atoms with Gasteiger partial charge in [0.15, 0.2) is 5.78 Å². The summed E-state index contributed by atoms with van der Waals surface area (Å²) < 4.78 is 11.2. The summed E-state index contributed by atoms with van der Waals surface area (Å²) in [5.74, 6) is 0.992. The Bertz CT molecular complexity index is 922. The molecule has 0 saturated heterocycles. The topological polar surface area (TPSA) is 93.1 Å². The van der Waals surface area contributed by atoms with Crippen LogP contribution in [0.2, 0.25) is 0 Å². The van der Waals surface area contributed by atoms with Crippen molar-refractivity contribution >= 4 is 35.0 Å². The number of aliphatic hydroxyl groups excluding tert-OH is 2. The lowest BCUT2D eigenvalue weighted by Crippen LogP contribution is -2.62. The third-order valence-electron chi connectivity index (χ3n) is 10.7.